The highest BCUT2D eigenvalue weighted by atomic mass is 35.5. The van der Waals surface area contributed by atoms with Crippen molar-refractivity contribution in [2.24, 2.45) is 11.7 Å². The molecule has 2 aliphatic rings. The fraction of sp³-hybridized carbons (Fsp3) is 0.867. The highest BCUT2D eigenvalue weighted by molar-refractivity contribution is 5.85. The summed E-state index contributed by atoms with van der Waals surface area (Å²) in [5.74, 6) is 1.00. The first-order valence-corrected chi connectivity index (χ1v) is 7.96. The average Bonchev–Trinajstić information content (AvgIpc) is 2.53. The zero-order valence-electron chi connectivity index (χ0n) is 12.8. The zero-order valence-corrected chi connectivity index (χ0v) is 13.6. The van der Waals surface area contributed by atoms with Crippen LogP contribution in [0.5, 0.6) is 0 Å². The molecule has 0 spiro atoms. The molecule has 0 aromatic carbocycles. The van der Waals surface area contributed by atoms with Crippen molar-refractivity contribution < 1.29 is 9.59 Å². The molecule has 0 aromatic rings. The first-order chi connectivity index (χ1) is 9.70. The van der Waals surface area contributed by atoms with Crippen LogP contribution in [0.2, 0.25) is 0 Å². The minimum absolute atomic E-state index is 0. The lowest BCUT2D eigenvalue weighted by atomic mass is 9.86. The zero-order chi connectivity index (χ0) is 14.4. The van der Waals surface area contributed by atoms with Gasteiger partial charge in [0.25, 0.3) is 0 Å². The number of rotatable bonds is 4. The summed E-state index contributed by atoms with van der Waals surface area (Å²) in [5, 5.41) is 0. The second-order valence-electron chi connectivity index (χ2n) is 6.01. The van der Waals surface area contributed by atoms with E-state index in [0.29, 0.717) is 32.6 Å². The van der Waals surface area contributed by atoms with E-state index in [9.17, 15) is 9.59 Å². The predicted molar refractivity (Wildman–Crippen MR) is 85.3 cm³/mol. The number of piperazine rings is 1. The van der Waals surface area contributed by atoms with Gasteiger partial charge in [-0.1, -0.05) is 32.1 Å². The van der Waals surface area contributed by atoms with Crippen LogP contribution in [0.3, 0.4) is 0 Å². The Morgan fingerprint density at radius 1 is 0.905 bits per heavy atom. The summed E-state index contributed by atoms with van der Waals surface area (Å²) in [4.78, 5) is 27.3. The van der Waals surface area contributed by atoms with E-state index in [-0.39, 0.29) is 30.8 Å². The van der Waals surface area contributed by atoms with Crippen molar-refractivity contribution in [1.29, 1.82) is 0 Å². The number of hydrogen-bond acceptors (Lipinski definition) is 3. The number of halogens is 1. The van der Waals surface area contributed by atoms with Crippen molar-refractivity contribution in [2.75, 3.05) is 32.7 Å². The Morgan fingerprint density at radius 2 is 1.43 bits per heavy atom. The summed E-state index contributed by atoms with van der Waals surface area (Å²) >= 11 is 0. The lowest BCUT2D eigenvalue weighted by Crippen LogP contribution is -2.51. The van der Waals surface area contributed by atoms with Gasteiger partial charge in [0, 0.05) is 32.6 Å². The Balaban J connectivity index is 0.00000220. The molecule has 6 heteroatoms. The molecular weight excluding hydrogens is 290 g/mol. The molecule has 2 fully saturated rings. The molecule has 2 N–H and O–H groups in total. The van der Waals surface area contributed by atoms with Gasteiger partial charge in [-0.05, 0) is 12.3 Å². The molecular formula is C15H28ClN3O2. The Morgan fingerprint density at radius 3 is 1.95 bits per heavy atom. The molecule has 0 radical (unpaired) electrons. The van der Waals surface area contributed by atoms with E-state index in [1.165, 1.54) is 32.1 Å². The fourth-order valence-corrected chi connectivity index (χ4v) is 3.30. The number of hydrogen-bond donors (Lipinski definition) is 1. The van der Waals surface area contributed by atoms with Crippen molar-refractivity contribution >= 4 is 24.2 Å². The summed E-state index contributed by atoms with van der Waals surface area (Å²) in [5.41, 5.74) is 5.36. The first kappa shape index (κ1) is 18.2. The molecule has 1 saturated heterocycles. The van der Waals surface area contributed by atoms with Gasteiger partial charge in [-0.15, -0.1) is 12.4 Å². The molecule has 21 heavy (non-hydrogen) atoms. The normalized spacial score (nSPS) is 20.0. The molecule has 0 atom stereocenters. The number of carbonyl (C=O) groups is 2. The average molecular weight is 318 g/mol. The van der Waals surface area contributed by atoms with Crippen LogP contribution >= 0.6 is 12.4 Å². The van der Waals surface area contributed by atoms with E-state index >= 15 is 0 Å². The summed E-state index contributed by atoms with van der Waals surface area (Å²) in [6.45, 7) is 2.65. The summed E-state index contributed by atoms with van der Waals surface area (Å²) in [7, 11) is 0. The molecule has 1 aliphatic heterocycles. The maximum absolute atomic E-state index is 12.2. The molecule has 0 aromatic heterocycles. The maximum Gasteiger partial charge on any atom is 0.236 e. The van der Waals surface area contributed by atoms with Gasteiger partial charge in [-0.2, -0.15) is 0 Å². The van der Waals surface area contributed by atoms with Crippen LogP contribution in [0, 0.1) is 5.92 Å². The fourth-order valence-electron chi connectivity index (χ4n) is 3.30. The molecule has 122 valence electrons. The van der Waals surface area contributed by atoms with Gasteiger partial charge < -0.3 is 15.5 Å². The first-order valence-electron chi connectivity index (χ1n) is 7.96. The Labute approximate surface area is 133 Å². The monoisotopic (exact) mass is 317 g/mol. The number of amides is 2. The standard InChI is InChI=1S/C15H27N3O2.ClH/c16-12-15(20)18-10-8-17(9-11-18)14(19)7-6-13-4-2-1-3-5-13;/h13H,1-12,16H2;1H. The molecule has 1 heterocycles. The maximum atomic E-state index is 12.2. The number of carbonyl (C=O) groups excluding carboxylic acids is 2. The predicted octanol–water partition coefficient (Wildman–Crippen LogP) is 1.40. The quantitative estimate of drug-likeness (QED) is 0.852. The van der Waals surface area contributed by atoms with Gasteiger partial charge >= 0.3 is 0 Å². The van der Waals surface area contributed by atoms with Crippen molar-refractivity contribution in [3.63, 3.8) is 0 Å². The van der Waals surface area contributed by atoms with Crippen molar-refractivity contribution in [1.82, 2.24) is 9.80 Å². The second-order valence-corrected chi connectivity index (χ2v) is 6.01. The molecule has 5 nitrogen and oxygen atoms in total. The van der Waals surface area contributed by atoms with Crippen LogP contribution in [0.25, 0.3) is 0 Å². The third kappa shape index (κ3) is 5.47. The van der Waals surface area contributed by atoms with E-state index in [1.54, 1.807) is 4.90 Å². The highest BCUT2D eigenvalue weighted by Crippen LogP contribution is 2.27. The van der Waals surface area contributed by atoms with E-state index in [2.05, 4.69) is 0 Å². The van der Waals surface area contributed by atoms with E-state index in [4.69, 9.17) is 5.73 Å². The third-order valence-electron chi connectivity index (χ3n) is 4.65. The minimum Gasteiger partial charge on any atom is -0.339 e. The Hall–Kier alpha value is -0.810. The van der Waals surface area contributed by atoms with Gasteiger partial charge in [-0.25, -0.2) is 0 Å². The Kier molecular flexibility index (Phi) is 8.04. The van der Waals surface area contributed by atoms with Gasteiger partial charge in [0.05, 0.1) is 6.54 Å². The lowest BCUT2D eigenvalue weighted by Gasteiger charge is -2.35. The summed E-state index contributed by atoms with van der Waals surface area (Å²) in [6.07, 6.45) is 8.34. The topological polar surface area (TPSA) is 66.6 Å². The lowest BCUT2D eigenvalue weighted by molar-refractivity contribution is -0.139. The van der Waals surface area contributed by atoms with Crippen molar-refractivity contribution in [2.45, 2.75) is 44.9 Å². The van der Waals surface area contributed by atoms with Crippen molar-refractivity contribution in [3.8, 4) is 0 Å². The molecule has 0 unspecified atom stereocenters. The van der Waals surface area contributed by atoms with Gasteiger partial charge in [-0.3, -0.25) is 9.59 Å². The van der Waals surface area contributed by atoms with E-state index < -0.39 is 0 Å². The smallest absolute Gasteiger partial charge is 0.236 e. The minimum atomic E-state index is -0.0145. The molecule has 1 aliphatic carbocycles. The third-order valence-corrected chi connectivity index (χ3v) is 4.65. The van der Waals surface area contributed by atoms with E-state index in [0.717, 1.165) is 12.3 Å². The SMILES string of the molecule is Cl.NCC(=O)N1CCN(C(=O)CCC2CCCCC2)CC1. The highest BCUT2D eigenvalue weighted by Gasteiger charge is 2.24. The largest absolute Gasteiger partial charge is 0.339 e. The van der Waals surface area contributed by atoms with Gasteiger partial charge in [0.1, 0.15) is 0 Å². The van der Waals surface area contributed by atoms with Crippen LogP contribution in [0.1, 0.15) is 44.9 Å². The molecule has 1 saturated carbocycles. The van der Waals surface area contributed by atoms with Crippen LogP contribution in [0.15, 0.2) is 0 Å². The van der Waals surface area contributed by atoms with E-state index in [1.807, 2.05) is 4.90 Å². The summed E-state index contributed by atoms with van der Waals surface area (Å²) < 4.78 is 0. The van der Waals surface area contributed by atoms with Crippen LogP contribution < -0.4 is 5.73 Å². The van der Waals surface area contributed by atoms with Crippen LogP contribution in [-0.4, -0.2) is 54.3 Å². The van der Waals surface area contributed by atoms with Gasteiger partial charge in [0.2, 0.25) is 11.8 Å². The molecule has 2 rings (SSSR count). The summed E-state index contributed by atoms with van der Waals surface area (Å²) in [6, 6.07) is 0. The molecule has 2 amide bonds. The van der Waals surface area contributed by atoms with Crippen molar-refractivity contribution in [3.05, 3.63) is 0 Å². The Bertz CT molecular complexity index is 338. The molecule has 0 bridgehead atoms. The van der Waals surface area contributed by atoms with Gasteiger partial charge in [0.15, 0.2) is 0 Å². The van der Waals surface area contributed by atoms with Crippen LogP contribution in [0.4, 0.5) is 0 Å². The van der Waals surface area contributed by atoms with Crippen LogP contribution in [-0.2, 0) is 9.59 Å². The second kappa shape index (κ2) is 9.26. The number of nitrogens with zero attached hydrogens (tertiary/aromatic N) is 2. The number of nitrogens with two attached hydrogens (primary N) is 1.